The van der Waals surface area contributed by atoms with Gasteiger partial charge in [0.05, 0.1) is 22.1 Å². The molecular formula is C25H29N3O5S. The number of sulfonamides is 1. The van der Waals surface area contributed by atoms with E-state index in [-0.39, 0.29) is 29.3 Å². The molecule has 1 saturated carbocycles. The van der Waals surface area contributed by atoms with Crippen LogP contribution in [0.1, 0.15) is 65.8 Å². The van der Waals surface area contributed by atoms with Gasteiger partial charge in [-0.05, 0) is 76.8 Å². The summed E-state index contributed by atoms with van der Waals surface area (Å²) in [5.41, 5.74) is 2.55. The van der Waals surface area contributed by atoms with Gasteiger partial charge in [0.1, 0.15) is 0 Å². The highest BCUT2D eigenvalue weighted by Crippen LogP contribution is 2.31. The van der Waals surface area contributed by atoms with Crippen LogP contribution in [0.4, 0.5) is 11.4 Å². The zero-order valence-corrected chi connectivity index (χ0v) is 20.3. The second-order valence-electron chi connectivity index (χ2n) is 9.29. The van der Waals surface area contributed by atoms with Crippen LogP contribution in [0, 0.1) is 12.8 Å². The number of nitrogens with one attached hydrogen (secondary N) is 2. The van der Waals surface area contributed by atoms with Crippen LogP contribution in [0.3, 0.4) is 0 Å². The van der Waals surface area contributed by atoms with E-state index in [1.807, 2.05) is 19.1 Å². The summed E-state index contributed by atoms with van der Waals surface area (Å²) in [6, 6.07) is 11.7. The Morgan fingerprint density at radius 1 is 0.941 bits per heavy atom. The second-order valence-corrected chi connectivity index (χ2v) is 11.6. The molecule has 1 aliphatic carbocycles. The van der Waals surface area contributed by atoms with Crippen LogP contribution < -0.4 is 14.9 Å². The van der Waals surface area contributed by atoms with Crippen molar-refractivity contribution in [1.82, 2.24) is 4.72 Å². The topological polar surface area (TPSA) is 113 Å². The Bertz CT molecular complexity index is 1230. The van der Waals surface area contributed by atoms with Crippen LogP contribution in [0.2, 0.25) is 0 Å². The summed E-state index contributed by atoms with van der Waals surface area (Å²) in [6.07, 6.45) is 2.32. The fourth-order valence-electron chi connectivity index (χ4n) is 4.33. The van der Waals surface area contributed by atoms with Gasteiger partial charge >= 0.3 is 0 Å². The number of aryl methyl sites for hydroxylation is 1. The predicted octanol–water partition coefficient (Wildman–Crippen LogP) is 3.62. The third kappa shape index (κ3) is 4.76. The normalized spacial score (nSPS) is 20.5. The molecule has 0 unspecified atom stereocenters. The summed E-state index contributed by atoms with van der Waals surface area (Å²) < 4.78 is 26.9. The zero-order valence-electron chi connectivity index (χ0n) is 19.5. The molecule has 34 heavy (non-hydrogen) atoms. The van der Waals surface area contributed by atoms with Crippen molar-refractivity contribution in [2.45, 2.75) is 57.7 Å². The summed E-state index contributed by atoms with van der Waals surface area (Å²) in [7, 11) is -3.34. The minimum atomic E-state index is -3.34. The Kier molecular flexibility index (Phi) is 6.60. The van der Waals surface area contributed by atoms with Crippen molar-refractivity contribution in [3.05, 3.63) is 59.2 Å². The van der Waals surface area contributed by atoms with Gasteiger partial charge in [-0.2, -0.15) is 0 Å². The number of anilines is 2. The molecule has 2 aromatic rings. The van der Waals surface area contributed by atoms with Gasteiger partial charge in [-0.1, -0.05) is 17.7 Å². The lowest BCUT2D eigenvalue weighted by molar-refractivity contribution is -0.120. The fraction of sp³-hybridized carbons (Fsp3) is 0.400. The number of rotatable bonds is 6. The smallest absolute Gasteiger partial charge is 0.266 e. The molecule has 0 saturated heterocycles. The number of fused-ring (bicyclic) bond motifs is 1. The molecule has 0 aromatic heterocycles. The summed E-state index contributed by atoms with van der Waals surface area (Å²) in [4.78, 5) is 39.7. The van der Waals surface area contributed by atoms with E-state index in [4.69, 9.17) is 0 Å². The van der Waals surface area contributed by atoms with Gasteiger partial charge < -0.3 is 5.32 Å². The number of carbonyl (C=O) groups excluding carboxylic acids is 3. The van der Waals surface area contributed by atoms with Crippen LogP contribution in [0.25, 0.3) is 0 Å². The SMILES string of the molecule is Cc1ccc(N2C(=O)c3ccc(NC(=O)C4CCC(NS(=O)(=O)C(C)C)CC4)cc3C2=O)cc1. The molecule has 1 aliphatic heterocycles. The summed E-state index contributed by atoms with van der Waals surface area (Å²) >= 11 is 0. The van der Waals surface area contributed by atoms with E-state index in [9.17, 15) is 22.8 Å². The third-order valence-corrected chi connectivity index (χ3v) is 8.40. The van der Waals surface area contributed by atoms with E-state index < -0.39 is 21.2 Å². The lowest BCUT2D eigenvalue weighted by Gasteiger charge is -2.28. The number of nitrogens with zero attached hydrogens (tertiary/aromatic N) is 1. The van der Waals surface area contributed by atoms with Crippen molar-refractivity contribution in [2.75, 3.05) is 10.2 Å². The number of imide groups is 1. The molecule has 2 aromatic carbocycles. The zero-order chi connectivity index (χ0) is 24.6. The van der Waals surface area contributed by atoms with Gasteiger partial charge in [0, 0.05) is 17.6 Å². The molecule has 9 heteroatoms. The molecule has 0 bridgehead atoms. The molecule has 0 radical (unpaired) electrons. The van der Waals surface area contributed by atoms with Gasteiger partial charge in [0.15, 0.2) is 0 Å². The highest BCUT2D eigenvalue weighted by molar-refractivity contribution is 7.90. The first-order valence-electron chi connectivity index (χ1n) is 11.5. The van der Waals surface area contributed by atoms with E-state index in [0.717, 1.165) is 10.5 Å². The largest absolute Gasteiger partial charge is 0.326 e. The maximum Gasteiger partial charge on any atom is 0.266 e. The van der Waals surface area contributed by atoms with Crippen molar-refractivity contribution in [3.63, 3.8) is 0 Å². The Balaban J connectivity index is 1.40. The monoisotopic (exact) mass is 483 g/mol. The minimum absolute atomic E-state index is 0.159. The first-order valence-corrected chi connectivity index (χ1v) is 13.0. The molecule has 0 atom stereocenters. The lowest BCUT2D eigenvalue weighted by atomic mass is 9.86. The van der Waals surface area contributed by atoms with Crippen LogP contribution in [-0.2, 0) is 14.8 Å². The van der Waals surface area contributed by atoms with Crippen molar-refractivity contribution in [3.8, 4) is 0 Å². The van der Waals surface area contributed by atoms with Crippen LogP contribution in [0.5, 0.6) is 0 Å². The number of hydrogen-bond acceptors (Lipinski definition) is 5. The van der Waals surface area contributed by atoms with Gasteiger partial charge in [0.25, 0.3) is 11.8 Å². The van der Waals surface area contributed by atoms with Crippen molar-refractivity contribution in [2.24, 2.45) is 5.92 Å². The molecule has 8 nitrogen and oxygen atoms in total. The van der Waals surface area contributed by atoms with Crippen LogP contribution in [0.15, 0.2) is 42.5 Å². The van der Waals surface area contributed by atoms with Gasteiger partial charge in [-0.3, -0.25) is 14.4 Å². The van der Waals surface area contributed by atoms with Crippen LogP contribution in [-0.4, -0.2) is 37.4 Å². The fourth-order valence-corrected chi connectivity index (χ4v) is 5.31. The maximum absolute atomic E-state index is 13.0. The first-order chi connectivity index (χ1) is 16.1. The standard InChI is InChI=1S/C25H29N3O5S/c1-15(2)34(32,33)27-18-8-6-17(7-9-18)23(29)26-19-10-13-21-22(14-19)25(31)28(24(21)30)20-11-4-16(3)5-12-20/h4-5,10-15,17-18,27H,6-9H2,1-3H3,(H,26,29). The average Bonchev–Trinajstić information content (AvgIpc) is 3.04. The van der Waals surface area contributed by atoms with E-state index in [0.29, 0.717) is 42.6 Å². The second kappa shape index (κ2) is 9.31. The quantitative estimate of drug-likeness (QED) is 0.610. The predicted molar refractivity (Wildman–Crippen MR) is 130 cm³/mol. The van der Waals surface area contributed by atoms with E-state index >= 15 is 0 Å². The molecule has 1 heterocycles. The molecule has 180 valence electrons. The Labute approximate surface area is 199 Å². The highest BCUT2D eigenvalue weighted by Gasteiger charge is 2.37. The Hall–Kier alpha value is -3.04. The number of carbonyl (C=O) groups is 3. The van der Waals surface area contributed by atoms with Gasteiger partial charge in [-0.15, -0.1) is 0 Å². The third-order valence-electron chi connectivity index (χ3n) is 6.50. The molecule has 0 spiro atoms. The van der Waals surface area contributed by atoms with E-state index in [2.05, 4.69) is 10.0 Å². The molecule has 2 N–H and O–H groups in total. The average molecular weight is 484 g/mol. The molecule has 2 aliphatic rings. The summed E-state index contributed by atoms with van der Waals surface area (Å²) in [5.74, 6) is -1.21. The van der Waals surface area contributed by atoms with Crippen molar-refractivity contribution in [1.29, 1.82) is 0 Å². The van der Waals surface area contributed by atoms with E-state index in [1.165, 1.54) is 0 Å². The van der Waals surface area contributed by atoms with Gasteiger partial charge in [0.2, 0.25) is 15.9 Å². The van der Waals surface area contributed by atoms with Crippen molar-refractivity contribution >= 4 is 39.1 Å². The molecule has 3 amide bonds. The van der Waals surface area contributed by atoms with E-state index in [1.54, 1.807) is 44.2 Å². The summed E-state index contributed by atoms with van der Waals surface area (Å²) in [5, 5.41) is 2.36. The first kappa shape index (κ1) is 24.1. The number of benzene rings is 2. The minimum Gasteiger partial charge on any atom is -0.326 e. The maximum atomic E-state index is 13.0. The number of amides is 3. The Morgan fingerprint density at radius 3 is 2.18 bits per heavy atom. The van der Waals surface area contributed by atoms with Crippen LogP contribution >= 0.6 is 0 Å². The highest BCUT2D eigenvalue weighted by atomic mass is 32.2. The molecule has 4 rings (SSSR count). The molecular weight excluding hydrogens is 454 g/mol. The Morgan fingerprint density at radius 2 is 1.56 bits per heavy atom. The number of hydrogen-bond donors (Lipinski definition) is 2. The van der Waals surface area contributed by atoms with Gasteiger partial charge in [-0.25, -0.2) is 18.0 Å². The lowest BCUT2D eigenvalue weighted by Crippen LogP contribution is -2.42. The van der Waals surface area contributed by atoms with Crippen molar-refractivity contribution < 1.29 is 22.8 Å². The summed E-state index contributed by atoms with van der Waals surface area (Å²) in [6.45, 7) is 5.20. The molecule has 1 fully saturated rings.